The molecule has 2 nitrogen and oxygen atoms in total. The quantitative estimate of drug-likeness (QED) is 0.783. The summed E-state index contributed by atoms with van der Waals surface area (Å²) in [6.45, 7) is 3.39. The van der Waals surface area contributed by atoms with Gasteiger partial charge in [0.25, 0.3) is 0 Å². The van der Waals surface area contributed by atoms with E-state index in [-0.39, 0.29) is 0 Å². The molecule has 1 N–H and O–H groups in total. The van der Waals surface area contributed by atoms with Gasteiger partial charge in [0.05, 0.1) is 12.0 Å². The lowest BCUT2D eigenvalue weighted by Crippen LogP contribution is -2.24. The van der Waals surface area contributed by atoms with E-state index in [0.717, 1.165) is 24.1 Å². The lowest BCUT2D eigenvalue weighted by Gasteiger charge is -2.10. The van der Waals surface area contributed by atoms with E-state index in [4.69, 9.17) is 4.42 Å². The molecule has 0 aromatic carbocycles. The average molecular weight is 211 g/mol. The van der Waals surface area contributed by atoms with Crippen LogP contribution in [-0.2, 0) is 5.75 Å². The first-order valence-corrected chi connectivity index (χ1v) is 6.27. The van der Waals surface area contributed by atoms with Crippen LogP contribution in [0, 0.1) is 0 Å². The van der Waals surface area contributed by atoms with Gasteiger partial charge in [0, 0.05) is 17.8 Å². The van der Waals surface area contributed by atoms with Crippen molar-refractivity contribution < 1.29 is 4.42 Å². The molecule has 0 saturated heterocycles. The van der Waals surface area contributed by atoms with Crippen LogP contribution in [0.3, 0.4) is 0 Å². The van der Waals surface area contributed by atoms with Crippen LogP contribution in [0.4, 0.5) is 0 Å². The van der Waals surface area contributed by atoms with Crippen molar-refractivity contribution in [1.29, 1.82) is 0 Å². The number of hydrogen-bond donors (Lipinski definition) is 1. The predicted molar refractivity (Wildman–Crippen MR) is 60.5 cm³/mol. The molecule has 1 heterocycles. The topological polar surface area (TPSA) is 25.2 Å². The van der Waals surface area contributed by atoms with Gasteiger partial charge in [-0.05, 0) is 25.0 Å². The fourth-order valence-electron chi connectivity index (χ4n) is 1.30. The largest absolute Gasteiger partial charge is 0.468 e. The second-order valence-corrected chi connectivity index (χ2v) is 5.31. The predicted octanol–water partition coefficient (Wildman–Crippen LogP) is 2.65. The van der Waals surface area contributed by atoms with Gasteiger partial charge >= 0.3 is 0 Å². The first-order valence-electron chi connectivity index (χ1n) is 5.22. The molecule has 1 saturated carbocycles. The van der Waals surface area contributed by atoms with Crippen LogP contribution in [0.25, 0.3) is 0 Å². The first kappa shape index (κ1) is 10.1. The van der Waals surface area contributed by atoms with Crippen molar-refractivity contribution in [2.75, 3.05) is 6.54 Å². The molecular formula is C11H17NOS. The molecule has 0 bridgehead atoms. The highest BCUT2D eigenvalue weighted by Crippen LogP contribution is 2.21. The van der Waals surface area contributed by atoms with Gasteiger partial charge in [-0.2, -0.15) is 0 Å². The Balaban J connectivity index is 1.59. The molecule has 14 heavy (non-hydrogen) atoms. The van der Waals surface area contributed by atoms with Gasteiger partial charge in [0.1, 0.15) is 5.76 Å². The van der Waals surface area contributed by atoms with Crippen LogP contribution >= 0.6 is 11.8 Å². The van der Waals surface area contributed by atoms with Crippen molar-refractivity contribution in [3.05, 3.63) is 24.2 Å². The lowest BCUT2D eigenvalue weighted by atomic mass is 10.4. The highest BCUT2D eigenvalue weighted by molar-refractivity contribution is 7.99. The van der Waals surface area contributed by atoms with E-state index in [1.54, 1.807) is 6.26 Å². The fourth-order valence-corrected chi connectivity index (χ4v) is 2.13. The third-order valence-electron chi connectivity index (χ3n) is 2.36. The standard InChI is InChI=1S/C11H17NOS/c1-9(7-12-10-4-5-10)14-8-11-3-2-6-13-11/h2-3,6,9-10,12H,4-5,7-8H2,1H3. The van der Waals surface area contributed by atoms with Crippen molar-refractivity contribution in [1.82, 2.24) is 5.32 Å². The zero-order chi connectivity index (χ0) is 9.80. The van der Waals surface area contributed by atoms with E-state index >= 15 is 0 Å². The van der Waals surface area contributed by atoms with E-state index in [1.807, 2.05) is 23.9 Å². The molecule has 1 aromatic heterocycles. The van der Waals surface area contributed by atoms with Gasteiger partial charge in [0.15, 0.2) is 0 Å². The van der Waals surface area contributed by atoms with Gasteiger partial charge in [-0.15, -0.1) is 11.8 Å². The molecule has 0 amide bonds. The van der Waals surface area contributed by atoms with Crippen molar-refractivity contribution in [3.63, 3.8) is 0 Å². The molecule has 1 aromatic rings. The molecule has 1 unspecified atom stereocenters. The smallest absolute Gasteiger partial charge is 0.113 e. The Labute approximate surface area is 89.4 Å². The monoisotopic (exact) mass is 211 g/mol. The van der Waals surface area contributed by atoms with Gasteiger partial charge in [-0.3, -0.25) is 0 Å². The van der Waals surface area contributed by atoms with Crippen LogP contribution in [0.15, 0.2) is 22.8 Å². The summed E-state index contributed by atoms with van der Waals surface area (Å²) in [7, 11) is 0. The zero-order valence-corrected chi connectivity index (χ0v) is 9.35. The minimum atomic E-state index is 0.667. The van der Waals surface area contributed by atoms with Crippen LogP contribution in [-0.4, -0.2) is 17.8 Å². The minimum absolute atomic E-state index is 0.667. The number of rotatable bonds is 6. The second-order valence-electron chi connectivity index (χ2n) is 3.88. The van der Waals surface area contributed by atoms with E-state index in [0.29, 0.717) is 5.25 Å². The lowest BCUT2D eigenvalue weighted by molar-refractivity contribution is 0.530. The Morgan fingerprint density at radius 1 is 1.64 bits per heavy atom. The summed E-state index contributed by atoms with van der Waals surface area (Å²) >= 11 is 1.95. The second kappa shape index (κ2) is 4.89. The molecule has 1 aliphatic rings. The molecule has 0 aliphatic heterocycles. The molecule has 1 fully saturated rings. The van der Waals surface area contributed by atoms with Gasteiger partial charge in [0.2, 0.25) is 0 Å². The Bertz CT molecular complexity index is 256. The summed E-state index contributed by atoms with van der Waals surface area (Å²) in [6, 6.07) is 4.80. The van der Waals surface area contributed by atoms with Crippen molar-refractivity contribution in [2.24, 2.45) is 0 Å². The van der Waals surface area contributed by atoms with Gasteiger partial charge in [-0.1, -0.05) is 6.92 Å². The van der Waals surface area contributed by atoms with Gasteiger partial charge in [-0.25, -0.2) is 0 Å². The van der Waals surface area contributed by atoms with Gasteiger partial charge < -0.3 is 9.73 Å². The van der Waals surface area contributed by atoms with Crippen molar-refractivity contribution >= 4 is 11.8 Å². The van der Waals surface area contributed by atoms with Crippen LogP contribution in [0.5, 0.6) is 0 Å². The Hall–Kier alpha value is -0.410. The normalized spacial score (nSPS) is 18.4. The summed E-state index contributed by atoms with van der Waals surface area (Å²) in [5, 5.41) is 4.20. The fraction of sp³-hybridized carbons (Fsp3) is 0.636. The third-order valence-corrected chi connectivity index (χ3v) is 3.55. The van der Waals surface area contributed by atoms with Crippen LogP contribution in [0.2, 0.25) is 0 Å². The highest BCUT2D eigenvalue weighted by Gasteiger charge is 2.20. The maximum atomic E-state index is 5.28. The molecular weight excluding hydrogens is 194 g/mol. The number of thioether (sulfide) groups is 1. The highest BCUT2D eigenvalue weighted by atomic mass is 32.2. The summed E-state index contributed by atoms with van der Waals surface area (Å²) in [6.07, 6.45) is 4.48. The van der Waals surface area contributed by atoms with E-state index in [9.17, 15) is 0 Å². The van der Waals surface area contributed by atoms with Crippen molar-refractivity contribution in [2.45, 2.75) is 36.8 Å². The Morgan fingerprint density at radius 3 is 3.14 bits per heavy atom. The first-order chi connectivity index (χ1) is 6.84. The summed E-state index contributed by atoms with van der Waals surface area (Å²) < 4.78 is 5.28. The summed E-state index contributed by atoms with van der Waals surface area (Å²) in [4.78, 5) is 0. The summed E-state index contributed by atoms with van der Waals surface area (Å²) in [5.74, 6) is 2.06. The van der Waals surface area contributed by atoms with E-state index in [1.165, 1.54) is 12.8 Å². The molecule has 3 heteroatoms. The SMILES string of the molecule is CC(CNC1CC1)SCc1ccco1. The molecule has 78 valence electrons. The molecule has 0 spiro atoms. The van der Waals surface area contributed by atoms with Crippen molar-refractivity contribution in [3.8, 4) is 0 Å². The Morgan fingerprint density at radius 2 is 2.50 bits per heavy atom. The molecule has 1 aliphatic carbocycles. The Kier molecular flexibility index (Phi) is 3.54. The number of nitrogens with one attached hydrogen (secondary N) is 1. The molecule has 0 radical (unpaired) electrons. The van der Waals surface area contributed by atoms with Crippen LogP contribution < -0.4 is 5.32 Å². The van der Waals surface area contributed by atoms with E-state index in [2.05, 4.69) is 12.2 Å². The third kappa shape index (κ3) is 3.39. The maximum absolute atomic E-state index is 5.28. The van der Waals surface area contributed by atoms with E-state index < -0.39 is 0 Å². The maximum Gasteiger partial charge on any atom is 0.113 e. The molecule has 2 rings (SSSR count). The number of furan rings is 1. The van der Waals surface area contributed by atoms with Crippen LogP contribution in [0.1, 0.15) is 25.5 Å². The minimum Gasteiger partial charge on any atom is -0.468 e. The molecule has 1 atom stereocenters. The average Bonchev–Trinajstić information content (AvgIpc) is 2.87. The zero-order valence-electron chi connectivity index (χ0n) is 8.53. The summed E-state index contributed by atoms with van der Waals surface area (Å²) in [5.41, 5.74) is 0. The number of hydrogen-bond acceptors (Lipinski definition) is 3.